The van der Waals surface area contributed by atoms with E-state index in [1.165, 1.54) is 12.0 Å². The first-order valence-electron chi connectivity index (χ1n) is 4.31. The predicted octanol–water partition coefficient (Wildman–Crippen LogP) is 1.91. The molecule has 1 aromatic rings. The van der Waals surface area contributed by atoms with Crippen molar-refractivity contribution < 1.29 is 0 Å². The van der Waals surface area contributed by atoms with Crippen LogP contribution < -0.4 is 11.3 Å². The van der Waals surface area contributed by atoms with Crippen LogP contribution in [0.25, 0.3) is 0 Å². The maximum absolute atomic E-state index is 5.52. The summed E-state index contributed by atoms with van der Waals surface area (Å²) in [7, 11) is 0. The molecule has 0 aliphatic heterocycles. The van der Waals surface area contributed by atoms with Crippen LogP contribution in [0.1, 0.15) is 24.9 Å². The second-order valence-corrected chi connectivity index (χ2v) is 4.36. The fraction of sp³-hybridized carbons (Fsp3) is 0.556. The molecule has 3 N–H and O–H groups in total. The smallest absolute Gasteiger partial charge is 0.0499 e. The van der Waals surface area contributed by atoms with Crippen LogP contribution in [-0.2, 0) is 0 Å². The molecule has 1 aromatic heterocycles. The van der Waals surface area contributed by atoms with E-state index < -0.39 is 0 Å². The van der Waals surface area contributed by atoms with Gasteiger partial charge in [-0.15, -0.1) is 0 Å². The Balaban J connectivity index is 2.09. The summed E-state index contributed by atoms with van der Waals surface area (Å²) in [6, 6.07) is 2.53. The second-order valence-electron chi connectivity index (χ2n) is 3.58. The Morgan fingerprint density at radius 2 is 2.50 bits per heavy atom. The SMILES string of the molecule is CC1CC1C(NN)c1ccsc1. The van der Waals surface area contributed by atoms with Gasteiger partial charge in [-0.05, 0) is 40.6 Å². The Hall–Kier alpha value is -0.380. The van der Waals surface area contributed by atoms with Crippen LogP contribution in [0.3, 0.4) is 0 Å². The van der Waals surface area contributed by atoms with Crippen LogP contribution in [0.5, 0.6) is 0 Å². The molecule has 0 bridgehead atoms. The highest BCUT2D eigenvalue weighted by Crippen LogP contribution is 2.46. The summed E-state index contributed by atoms with van der Waals surface area (Å²) in [6.07, 6.45) is 1.31. The van der Waals surface area contributed by atoms with E-state index in [0.717, 1.165) is 11.8 Å². The van der Waals surface area contributed by atoms with E-state index in [-0.39, 0.29) is 0 Å². The van der Waals surface area contributed by atoms with Gasteiger partial charge >= 0.3 is 0 Å². The monoisotopic (exact) mass is 182 g/mol. The van der Waals surface area contributed by atoms with Crippen molar-refractivity contribution in [2.24, 2.45) is 17.7 Å². The Labute approximate surface area is 76.8 Å². The minimum Gasteiger partial charge on any atom is -0.271 e. The van der Waals surface area contributed by atoms with Gasteiger partial charge in [0.1, 0.15) is 0 Å². The molecule has 3 heteroatoms. The van der Waals surface area contributed by atoms with Crippen LogP contribution in [0.2, 0.25) is 0 Å². The molecule has 0 amide bonds. The van der Waals surface area contributed by atoms with Gasteiger partial charge in [-0.1, -0.05) is 6.92 Å². The van der Waals surface area contributed by atoms with E-state index in [0.29, 0.717) is 6.04 Å². The topological polar surface area (TPSA) is 38.0 Å². The Kier molecular flexibility index (Phi) is 2.17. The minimum absolute atomic E-state index is 0.381. The molecule has 1 heterocycles. The summed E-state index contributed by atoms with van der Waals surface area (Å²) in [4.78, 5) is 0. The first kappa shape index (κ1) is 8.23. The third kappa shape index (κ3) is 1.40. The molecule has 0 spiro atoms. The lowest BCUT2D eigenvalue weighted by Gasteiger charge is -2.13. The van der Waals surface area contributed by atoms with Crippen molar-refractivity contribution >= 4 is 11.3 Å². The Bertz CT molecular complexity index is 245. The first-order valence-corrected chi connectivity index (χ1v) is 5.25. The lowest BCUT2D eigenvalue weighted by molar-refractivity contribution is 0.477. The summed E-state index contributed by atoms with van der Waals surface area (Å²) in [5.74, 6) is 7.11. The van der Waals surface area contributed by atoms with Gasteiger partial charge in [0, 0.05) is 6.04 Å². The van der Waals surface area contributed by atoms with Gasteiger partial charge in [0.05, 0.1) is 0 Å². The van der Waals surface area contributed by atoms with E-state index >= 15 is 0 Å². The van der Waals surface area contributed by atoms with Crippen molar-refractivity contribution in [2.75, 3.05) is 0 Å². The summed E-state index contributed by atoms with van der Waals surface area (Å²) in [5, 5.41) is 4.28. The Morgan fingerprint density at radius 3 is 2.92 bits per heavy atom. The predicted molar refractivity (Wildman–Crippen MR) is 51.7 cm³/mol. The molecular formula is C9H14N2S. The average Bonchev–Trinajstić information content (AvgIpc) is 2.60. The highest BCUT2D eigenvalue weighted by atomic mass is 32.1. The van der Waals surface area contributed by atoms with Gasteiger partial charge in [0.15, 0.2) is 0 Å². The maximum Gasteiger partial charge on any atom is 0.0499 e. The normalized spacial score (nSPS) is 30.2. The molecule has 3 unspecified atom stereocenters. The van der Waals surface area contributed by atoms with E-state index in [1.54, 1.807) is 11.3 Å². The minimum atomic E-state index is 0.381. The zero-order chi connectivity index (χ0) is 8.55. The molecule has 2 rings (SSSR count). The van der Waals surface area contributed by atoms with Crippen LogP contribution in [0.4, 0.5) is 0 Å². The lowest BCUT2D eigenvalue weighted by Crippen LogP contribution is -2.29. The Morgan fingerprint density at radius 1 is 1.75 bits per heavy atom. The number of rotatable bonds is 3. The van der Waals surface area contributed by atoms with Crippen molar-refractivity contribution in [3.8, 4) is 0 Å². The molecule has 0 aromatic carbocycles. The highest BCUT2D eigenvalue weighted by Gasteiger charge is 2.39. The maximum atomic E-state index is 5.52. The van der Waals surface area contributed by atoms with Crippen LogP contribution in [0.15, 0.2) is 16.8 Å². The van der Waals surface area contributed by atoms with Crippen LogP contribution in [-0.4, -0.2) is 0 Å². The fourth-order valence-corrected chi connectivity index (χ4v) is 2.43. The number of nitrogens with two attached hydrogens (primary N) is 1. The quantitative estimate of drug-likeness (QED) is 0.553. The van der Waals surface area contributed by atoms with Gasteiger partial charge < -0.3 is 0 Å². The molecule has 1 aliphatic rings. The molecule has 1 aliphatic carbocycles. The molecule has 3 atom stereocenters. The number of hydrazine groups is 1. The van der Waals surface area contributed by atoms with Crippen LogP contribution in [0, 0.1) is 11.8 Å². The van der Waals surface area contributed by atoms with Gasteiger partial charge in [-0.2, -0.15) is 11.3 Å². The summed E-state index contributed by atoms with van der Waals surface area (Å²) >= 11 is 1.73. The third-order valence-electron chi connectivity index (χ3n) is 2.68. The number of thiophene rings is 1. The van der Waals surface area contributed by atoms with Gasteiger partial charge in [0.25, 0.3) is 0 Å². The number of nitrogens with one attached hydrogen (secondary N) is 1. The molecule has 66 valence electrons. The molecule has 12 heavy (non-hydrogen) atoms. The zero-order valence-corrected chi connectivity index (χ0v) is 7.97. The van der Waals surface area contributed by atoms with Crippen molar-refractivity contribution in [3.63, 3.8) is 0 Å². The largest absolute Gasteiger partial charge is 0.271 e. The average molecular weight is 182 g/mol. The molecule has 1 saturated carbocycles. The number of hydrogen-bond donors (Lipinski definition) is 2. The second kappa shape index (κ2) is 3.17. The standard InChI is InChI=1S/C9H14N2S/c1-6-4-8(6)9(11-10)7-2-3-12-5-7/h2-3,5-6,8-9,11H,4,10H2,1H3. The van der Waals surface area contributed by atoms with E-state index in [1.807, 2.05) is 0 Å². The van der Waals surface area contributed by atoms with Crippen molar-refractivity contribution in [2.45, 2.75) is 19.4 Å². The van der Waals surface area contributed by atoms with E-state index in [9.17, 15) is 0 Å². The molecule has 2 nitrogen and oxygen atoms in total. The molecule has 0 radical (unpaired) electrons. The van der Waals surface area contributed by atoms with Gasteiger partial charge in [-0.25, -0.2) is 0 Å². The van der Waals surface area contributed by atoms with E-state index in [2.05, 4.69) is 29.2 Å². The summed E-state index contributed by atoms with van der Waals surface area (Å²) < 4.78 is 0. The van der Waals surface area contributed by atoms with E-state index in [4.69, 9.17) is 5.84 Å². The molecule has 0 saturated heterocycles. The highest BCUT2D eigenvalue weighted by molar-refractivity contribution is 7.07. The van der Waals surface area contributed by atoms with Crippen molar-refractivity contribution in [1.82, 2.24) is 5.43 Å². The summed E-state index contributed by atoms with van der Waals surface area (Å²) in [6.45, 7) is 2.28. The van der Waals surface area contributed by atoms with Gasteiger partial charge in [-0.3, -0.25) is 11.3 Å². The van der Waals surface area contributed by atoms with Crippen molar-refractivity contribution in [3.05, 3.63) is 22.4 Å². The van der Waals surface area contributed by atoms with Crippen LogP contribution >= 0.6 is 11.3 Å². The summed E-state index contributed by atoms with van der Waals surface area (Å²) in [5.41, 5.74) is 4.25. The molecule has 1 fully saturated rings. The molecular weight excluding hydrogens is 168 g/mol. The number of hydrogen-bond acceptors (Lipinski definition) is 3. The lowest BCUT2D eigenvalue weighted by atomic mass is 10.1. The first-order chi connectivity index (χ1) is 5.83. The third-order valence-corrected chi connectivity index (χ3v) is 3.38. The zero-order valence-electron chi connectivity index (χ0n) is 7.16. The van der Waals surface area contributed by atoms with Gasteiger partial charge in [0.2, 0.25) is 0 Å². The fourth-order valence-electron chi connectivity index (χ4n) is 1.73. The van der Waals surface area contributed by atoms with Crippen molar-refractivity contribution in [1.29, 1.82) is 0 Å².